The zero-order valence-corrected chi connectivity index (χ0v) is 14.8. The van der Waals surface area contributed by atoms with Gasteiger partial charge in [-0.1, -0.05) is 30.9 Å². The van der Waals surface area contributed by atoms with Crippen molar-refractivity contribution in [2.75, 3.05) is 13.3 Å². The van der Waals surface area contributed by atoms with Crippen LogP contribution in [0.5, 0.6) is 5.75 Å². The lowest BCUT2D eigenvalue weighted by Crippen LogP contribution is -2.36. The molecule has 0 atom stereocenters. The van der Waals surface area contributed by atoms with Gasteiger partial charge in [-0.05, 0) is 25.0 Å². The monoisotopic (exact) mass is 367 g/mol. The Morgan fingerprint density at radius 1 is 1.24 bits per heavy atom. The van der Waals surface area contributed by atoms with E-state index < -0.39 is 5.97 Å². The number of rotatable bonds is 5. The summed E-state index contributed by atoms with van der Waals surface area (Å²) in [6.45, 7) is 0.490. The molecule has 0 unspecified atom stereocenters. The molecule has 1 amide bonds. The number of hydrogen-bond acceptors (Lipinski definition) is 5. The molecule has 2 aliphatic rings. The van der Waals surface area contributed by atoms with Crippen LogP contribution in [0.3, 0.4) is 0 Å². The quantitative estimate of drug-likeness (QED) is 0.810. The van der Waals surface area contributed by atoms with Gasteiger partial charge in [-0.3, -0.25) is 9.59 Å². The summed E-state index contributed by atoms with van der Waals surface area (Å²) >= 11 is 6.08. The van der Waals surface area contributed by atoms with Gasteiger partial charge in [0.25, 0.3) is 0 Å². The third-order valence-electron chi connectivity index (χ3n) is 4.52. The van der Waals surface area contributed by atoms with E-state index in [4.69, 9.17) is 25.8 Å². The lowest BCUT2D eigenvalue weighted by Gasteiger charge is -2.21. The number of benzene rings is 1. The van der Waals surface area contributed by atoms with Crippen LogP contribution in [0.25, 0.3) is 0 Å². The minimum atomic E-state index is -0.482. The number of nitrogens with one attached hydrogen (secondary N) is 1. The van der Waals surface area contributed by atoms with Gasteiger partial charge in [-0.25, -0.2) is 0 Å². The summed E-state index contributed by atoms with van der Waals surface area (Å²) in [7, 11) is 0. The molecule has 1 aromatic carbocycles. The van der Waals surface area contributed by atoms with E-state index in [1.165, 1.54) is 6.42 Å². The Balaban J connectivity index is 1.49. The molecule has 1 saturated carbocycles. The molecule has 0 spiro atoms. The molecule has 0 aromatic heterocycles. The summed E-state index contributed by atoms with van der Waals surface area (Å²) in [5.74, 6) is 0.131. The highest BCUT2D eigenvalue weighted by molar-refractivity contribution is 6.30. The van der Waals surface area contributed by atoms with Crippen LogP contribution < -0.4 is 10.1 Å². The third kappa shape index (κ3) is 4.86. The lowest BCUT2D eigenvalue weighted by atomic mass is 9.89. The summed E-state index contributed by atoms with van der Waals surface area (Å²) in [5, 5.41) is 3.20. The second-order valence-electron chi connectivity index (χ2n) is 6.38. The highest BCUT2D eigenvalue weighted by atomic mass is 35.5. The predicted molar refractivity (Wildman–Crippen MR) is 91.1 cm³/mol. The molecular weight excluding hydrogens is 346 g/mol. The fourth-order valence-electron chi connectivity index (χ4n) is 3.24. The van der Waals surface area contributed by atoms with Crippen LogP contribution in [-0.2, 0) is 32.3 Å². The van der Waals surface area contributed by atoms with Crippen molar-refractivity contribution >= 4 is 23.5 Å². The Hall–Kier alpha value is -1.79. The fourth-order valence-corrected chi connectivity index (χ4v) is 3.51. The number of ether oxygens (including phenoxy) is 3. The van der Waals surface area contributed by atoms with E-state index in [1.807, 2.05) is 0 Å². The summed E-state index contributed by atoms with van der Waals surface area (Å²) in [6, 6.07) is 3.48. The molecule has 6 nitrogen and oxygen atoms in total. The van der Waals surface area contributed by atoms with Crippen molar-refractivity contribution in [1.82, 2.24) is 5.32 Å². The van der Waals surface area contributed by atoms with Gasteiger partial charge >= 0.3 is 5.97 Å². The first kappa shape index (κ1) is 18.0. The van der Waals surface area contributed by atoms with Crippen LogP contribution in [0.1, 0.15) is 43.2 Å². The molecule has 136 valence electrons. The normalized spacial score (nSPS) is 17.3. The van der Waals surface area contributed by atoms with Crippen LogP contribution in [-0.4, -0.2) is 25.2 Å². The van der Waals surface area contributed by atoms with Crippen molar-refractivity contribution in [3.63, 3.8) is 0 Å². The second-order valence-corrected chi connectivity index (χ2v) is 6.81. The molecule has 0 bridgehead atoms. The van der Waals surface area contributed by atoms with Crippen LogP contribution in [0.2, 0.25) is 5.02 Å². The van der Waals surface area contributed by atoms with Crippen LogP contribution in [0.15, 0.2) is 12.1 Å². The molecule has 1 N–H and O–H groups in total. The molecule has 3 rings (SSSR count). The van der Waals surface area contributed by atoms with Gasteiger partial charge in [-0.15, -0.1) is 0 Å². The smallest absolute Gasteiger partial charge is 0.325 e. The Morgan fingerprint density at radius 3 is 2.84 bits per heavy atom. The fraction of sp³-hybridized carbons (Fsp3) is 0.556. The Morgan fingerprint density at radius 2 is 2.04 bits per heavy atom. The minimum Gasteiger partial charge on any atom is -0.467 e. The number of carbonyl (C=O) groups excluding carboxylic acids is 2. The summed E-state index contributed by atoms with van der Waals surface area (Å²) in [4.78, 5) is 24.0. The van der Waals surface area contributed by atoms with Crippen LogP contribution >= 0.6 is 11.6 Å². The largest absolute Gasteiger partial charge is 0.467 e. The maximum Gasteiger partial charge on any atom is 0.325 e. The van der Waals surface area contributed by atoms with Gasteiger partial charge in [0.15, 0.2) is 6.79 Å². The van der Waals surface area contributed by atoms with Crippen LogP contribution in [0, 0.1) is 5.92 Å². The van der Waals surface area contributed by atoms with E-state index in [1.54, 1.807) is 12.1 Å². The molecule has 1 heterocycles. The Bertz CT molecular complexity index is 643. The molecule has 1 aromatic rings. The number of halogens is 1. The topological polar surface area (TPSA) is 73.9 Å². The van der Waals surface area contributed by atoms with E-state index in [0.717, 1.165) is 31.2 Å². The third-order valence-corrected chi connectivity index (χ3v) is 4.74. The number of esters is 1. The minimum absolute atomic E-state index is 0.0231. The van der Waals surface area contributed by atoms with Crippen molar-refractivity contribution in [3.8, 4) is 5.75 Å². The van der Waals surface area contributed by atoms with Gasteiger partial charge in [0, 0.05) is 22.1 Å². The maximum absolute atomic E-state index is 12.0. The first-order valence-electron chi connectivity index (χ1n) is 8.58. The van der Waals surface area contributed by atoms with Gasteiger partial charge in [-0.2, -0.15) is 0 Å². The second kappa shape index (κ2) is 8.54. The number of carbonyl (C=O) groups is 2. The summed E-state index contributed by atoms with van der Waals surface area (Å²) in [5.41, 5.74) is 1.52. The molecule has 1 aliphatic heterocycles. The first-order valence-corrected chi connectivity index (χ1v) is 8.96. The highest BCUT2D eigenvalue weighted by Crippen LogP contribution is 2.32. The molecular formula is C18H22ClNO5. The van der Waals surface area contributed by atoms with Gasteiger partial charge in [0.1, 0.15) is 18.9 Å². The average molecular weight is 368 g/mol. The standard InChI is InChI=1S/C18H22ClNO5/c19-15-6-13-9-23-11-25-17(13)14(7-15)10-24-16(21)8-20-18(22)12-4-2-1-3-5-12/h6-7,12H,1-5,8-11H2,(H,20,22). The van der Waals surface area contributed by atoms with E-state index in [0.29, 0.717) is 22.9 Å². The molecule has 25 heavy (non-hydrogen) atoms. The average Bonchev–Trinajstić information content (AvgIpc) is 2.64. The van der Waals surface area contributed by atoms with E-state index in [2.05, 4.69) is 5.32 Å². The lowest BCUT2D eigenvalue weighted by molar-refractivity contribution is -0.145. The van der Waals surface area contributed by atoms with Crippen molar-refractivity contribution in [1.29, 1.82) is 0 Å². The molecule has 0 saturated heterocycles. The Kier molecular flexibility index (Phi) is 6.15. The van der Waals surface area contributed by atoms with E-state index in [-0.39, 0.29) is 31.8 Å². The summed E-state index contributed by atoms with van der Waals surface area (Å²) in [6.07, 6.45) is 5.13. The number of fused-ring (bicyclic) bond motifs is 1. The van der Waals surface area contributed by atoms with Gasteiger partial charge < -0.3 is 19.5 Å². The SMILES string of the molecule is O=C(CNC(=O)C1CCCCC1)OCc1cc(Cl)cc2c1OCOC2. The summed E-state index contributed by atoms with van der Waals surface area (Å²) < 4.78 is 15.9. The number of amides is 1. The molecule has 1 fully saturated rings. The van der Waals surface area contributed by atoms with Crippen molar-refractivity contribution in [2.24, 2.45) is 5.92 Å². The molecule has 7 heteroatoms. The number of hydrogen-bond donors (Lipinski definition) is 1. The zero-order valence-electron chi connectivity index (χ0n) is 14.0. The Labute approximate surface area is 151 Å². The van der Waals surface area contributed by atoms with Crippen molar-refractivity contribution in [3.05, 3.63) is 28.3 Å². The van der Waals surface area contributed by atoms with Gasteiger partial charge in [0.2, 0.25) is 5.91 Å². The van der Waals surface area contributed by atoms with Gasteiger partial charge in [0.05, 0.1) is 6.61 Å². The van der Waals surface area contributed by atoms with Crippen LogP contribution in [0.4, 0.5) is 0 Å². The van der Waals surface area contributed by atoms with Crippen molar-refractivity contribution < 1.29 is 23.8 Å². The predicted octanol–water partition coefficient (Wildman–Crippen LogP) is 2.95. The molecule has 0 radical (unpaired) electrons. The van der Waals surface area contributed by atoms with Crippen molar-refractivity contribution in [2.45, 2.75) is 45.3 Å². The zero-order chi connectivity index (χ0) is 17.6. The molecule has 1 aliphatic carbocycles. The van der Waals surface area contributed by atoms with E-state index >= 15 is 0 Å². The first-order chi connectivity index (χ1) is 12.1. The maximum atomic E-state index is 12.0. The van der Waals surface area contributed by atoms with E-state index in [9.17, 15) is 9.59 Å². The highest BCUT2D eigenvalue weighted by Gasteiger charge is 2.22.